The van der Waals surface area contributed by atoms with Gasteiger partial charge in [-0.05, 0) is 46.1 Å². The molecule has 0 saturated carbocycles. The highest BCUT2D eigenvalue weighted by Gasteiger charge is 2.38. The first-order valence-electron chi connectivity index (χ1n) is 11.2. The largest absolute Gasteiger partial charge is 0.462 e. The van der Waals surface area contributed by atoms with Gasteiger partial charge in [-0.2, -0.15) is 4.31 Å². The van der Waals surface area contributed by atoms with E-state index < -0.39 is 16.0 Å². The Bertz CT molecular complexity index is 1150. The zero-order valence-corrected chi connectivity index (χ0v) is 20.8. The van der Waals surface area contributed by atoms with Crippen LogP contribution in [0.3, 0.4) is 0 Å². The van der Waals surface area contributed by atoms with Gasteiger partial charge in [0.05, 0.1) is 6.61 Å². The van der Waals surface area contributed by atoms with Gasteiger partial charge in [-0.3, -0.25) is 4.79 Å². The van der Waals surface area contributed by atoms with Crippen LogP contribution in [0.25, 0.3) is 0 Å². The maximum Gasteiger partial charge on any atom is 0.341 e. The average Bonchev–Trinajstić information content (AvgIpc) is 3.02. The minimum atomic E-state index is -3.92. The molecule has 180 valence electrons. The molecule has 9 heteroatoms. The highest BCUT2D eigenvalue weighted by atomic mass is 32.2. The Kier molecular flexibility index (Phi) is 7.64. The maximum absolute atomic E-state index is 13.5. The molecule has 1 aliphatic rings. The van der Waals surface area contributed by atoms with Gasteiger partial charge < -0.3 is 14.6 Å². The molecule has 0 bridgehead atoms. The Morgan fingerprint density at radius 3 is 2.39 bits per heavy atom. The van der Waals surface area contributed by atoms with E-state index in [9.17, 15) is 18.0 Å². The molecule has 0 spiro atoms. The summed E-state index contributed by atoms with van der Waals surface area (Å²) in [6.45, 7) is 8.15. The summed E-state index contributed by atoms with van der Waals surface area (Å²) in [5.41, 5.74) is 3.30. The van der Waals surface area contributed by atoms with Crippen LogP contribution in [0.4, 0.5) is 0 Å². The minimum Gasteiger partial charge on any atom is -0.462 e. The summed E-state index contributed by atoms with van der Waals surface area (Å²) in [6.07, 6.45) is 0.858. The lowest BCUT2D eigenvalue weighted by Crippen LogP contribution is -2.43. The zero-order chi connectivity index (χ0) is 24.3. The van der Waals surface area contributed by atoms with Crippen molar-refractivity contribution in [3.63, 3.8) is 0 Å². The van der Waals surface area contributed by atoms with Gasteiger partial charge in [0, 0.05) is 44.0 Å². The summed E-state index contributed by atoms with van der Waals surface area (Å²) in [4.78, 5) is 25.2. The number of ether oxygens (including phenoxy) is 1. The molecule has 0 unspecified atom stereocenters. The van der Waals surface area contributed by atoms with Gasteiger partial charge >= 0.3 is 5.97 Å². The van der Waals surface area contributed by atoms with E-state index in [4.69, 9.17) is 4.74 Å². The summed E-state index contributed by atoms with van der Waals surface area (Å²) in [5.74, 6) is -0.945. The average molecular weight is 476 g/mol. The van der Waals surface area contributed by atoms with Crippen LogP contribution < -0.4 is 5.32 Å². The van der Waals surface area contributed by atoms with Crippen molar-refractivity contribution in [3.05, 3.63) is 52.3 Å². The van der Waals surface area contributed by atoms with Crippen LogP contribution in [0.5, 0.6) is 0 Å². The quantitative estimate of drug-likeness (QED) is 0.621. The Morgan fingerprint density at radius 2 is 1.79 bits per heavy atom. The Morgan fingerprint density at radius 1 is 1.12 bits per heavy atom. The number of aromatic nitrogens is 1. The molecular weight excluding hydrogens is 442 g/mol. The van der Waals surface area contributed by atoms with Crippen LogP contribution in [0.2, 0.25) is 0 Å². The van der Waals surface area contributed by atoms with Crippen LogP contribution in [0.15, 0.2) is 29.2 Å². The van der Waals surface area contributed by atoms with E-state index in [0.717, 1.165) is 11.1 Å². The number of amides is 1. The second-order valence-electron chi connectivity index (χ2n) is 8.54. The van der Waals surface area contributed by atoms with Crippen molar-refractivity contribution in [2.24, 2.45) is 13.0 Å². The number of aryl methyl sites for hydroxylation is 1. The summed E-state index contributed by atoms with van der Waals surface area (Å²) >= 11 is 0. The predicted octanol–water partition coefficient (Wildman–Crippen LogP) is 2.84. The van der Waals surface area contributed by atoms with Gasteiger partial charge in [0.15, 0.2) is 0 Å². The summed E-state index contributed by atoms with van der Waals surface area (Å²) in [6, 6.07) is 7.96. The van der Waals surface area contributed by atoms with Crippen molar-refractivity contribution in [2.75, 3.05) is 19.7 Å². The molecule has 1 saturated heterocycles. The summed E-state index contributed by atoms with van der Waals surface area (Å²) in [7, 11) is -2.18. The van der Waals surface area contributed by atoms with E-state index in [1.165, 1.54) is 4.31 Å². The van der Waals surface area contributed by atoms with Gasteiger partial charge in [0.2, 0.25) is 15.9 Å². The van der Waals surface area contributed by atoms with Crippen molar-refractivity contribution in [1.82, 2.24) is 14.2 Å². The molecule has 0 aliphatic carbocycles. The van der Waals surface area contributed by atoms with E-state index in [-0.39, 0.29) is 42.0 Å². The number of carbonyl (C=O) groups is 2. The van der Waals surface area contributed by atoms with Crippen molar-refractivity contribution >= 4 is 21.9 Å². The van der Waals surface area contributed by atoms with Crippen LogP contribution >= 0.6 is 0 Å². The monoisotopic (exact) mass is 475 g/mol. The molecule has 1 fully saturated rings. The molecule has 0 radical (unpaired) electrons. The number of nitrogens with zero attached hydrogens (tertiary/aromatic N) is 2. The van der Waals surface area contributed by atoms with Gasteiger partial charge in [-0.15, -0.1) is 0 Å². The third-order valence-corrected chi connectivity index (χ3v) is 8.44. The minimum absolute atomic E-state index is 0.00305. The van der Waals surface area contributed by atoms with Gasteiger partial charge in [-0.25, -0.2) is 13.2 Å². The number of esters is 1. The lowest BCUT2D eigenvalue weighted by Gasteiger charge is -2.30. The first-order chi connectivity index (χ1) is 15.6. The smallest absolute Gasteiger partial charge is 0.341 e. The number of piperidine rings is 1. The fraction of sp³-hybridized carbons (Fsp3) is 0.500. The summed E-state index contributed by atoms with van der Waals surface area (Å²) in [5, 5.41) is 2.97. The van der Waals surface area contributed by atoms with Crippen LogP contribution in [-0.4, -0.2) is 48.9 Å². The van der Waals surface area contributed by atoms with Gasteiger partial charge in [0.25, 0.3) is 0 Å². The van der Waals surface area contributed by atoms with E-state index in [1.807, 2.05) is 31.2 Å². The first kappa shape index (κ1) is 25.0. The van der Waals surface area contributed by atoms with Gasteiger partial charge in [0.1, 0.15) is 10.5 Å². The molecule has 33 heavy (non-hydrogen) atoms. The SMILES string of the molecule is CCOC(=O)c1c(S(=O)(=O)N2CCC(C(=O)NCc3cccc(C)c3)CC2)c(C)n(C)c1C. The van der Waals surface area contributed by atoms with Gasteiger partial charge in [-0.1, -0.05) is 29.8 Å². The Labute approximate surface area is 196 Å². The number of sulfonamides is 1. The zero-order valence-electron chi connectivity index (χ0n) is 20.0. The number of carbonyl (C=O) groups excluding carboxylic acids is 2. The molecule has 1 aromatic carbocycles. The van der Waals surface area contributed by atoms with Crippen LogP contribution in [-0.2, 0) is 33.1 Å². The predicted molar refractivity (Wildman–Crippen MR) is 125 cm³/mol. The molecule has 1 amide bonds. The van der Waals surface area contributed by atoms with Crippen LogP contribution in [0, 0.1) is 26.7 Å². The molecule has 2 aromatic rings. The molecule has 1 N–H and O–H groups in total. The topological polar surface area (TPSA) is 97.7 Å². The van der Waals surface area contributed by atoms with E-state index in [2.05, 4.69) is 5.32 Å². The number of nitrogens with one attached hydrogen (secondary N) is 1. The second kappa shape index (κ2) is 10.1. The summed E-state index contributed by atoms with van der Waals surface area (Å²) < 4.78 is 35.3. The van der Waals surface area contributed by atoms with Crippen LogP contribution in [0.1, 0.15) is 52.6 Å². The number of rotatable bonds is 7. The number of hydrogen-bond donors (Lipinski definition) is 1. The molecular formula is C24H33N3O5S. The highest BCUT2D eigenvalue weighted by Crippen LogP contribution is 2.32. The Balaban J connectivity index is 1.71. The fourth-order valence-electron chi connectivity index (χ4n) is 4.32. The molecule has 8 nitrogen and oxygen atoms in total. The number of hydrogen-bond acceptors (Lipinski definition) is 5. The Hall–Kier alpha value is -2.65. The van der Waals surface area contributed by atoms with E-state index >= 15 is 0 Å². The first-order valence-corrected chi connectivity index (χ1v) is 12.7. The van der Waals surface area contributed by atoms with Crippen molar-refractivity contribution < 1.29 is 22.7 Å². The van der Waals surface area contributed by atoms with E-state index in [0.29, 0.717) is 30.8 Å². The number of benzene rings is 1. The van der Waals surface area contributed by atoms with Crippen molar-refractivity contribution in [2.45, 2.75) is 52.0 Å². The third-order valence-electron chi connectivity index (χ3n) is 6.38. The third kappa shape index (κ3) is 5.14. The molecule has 0 atom stereocenters. The van der Waals surface area contributed by atoms with E-state index in [1.54, 1.807) is 32.4 Å². The second-order valence-corrected chi connectivity index (χ2v) is 10.4. The standard InChI is InChI=1S/C24H33N3O5S/c1-6-32-24(29)21-17(3)26(5)18(4)22(21)33(30,31)27-12-10-20(11-13-27)23(28)25-15-19-9-7-8-16(2)14-19/h7-9,14,20H,6,10-13,15H2,1-5H3,(H,25,28). The fourth-order valence-corrected chi connectivity index (χ4v) is 6.27. The molecule has 1 aliphatic heterocycles. The lowest BCUT2D eigenvalue weighted by molar-refractivity contribution is -0.126. The normalized spacial score (nSPS) is 15.4. The van der Waals surface area contributed by atoms with Crippen molar-refractivity contribution in [3.8, 4) is 0 Å². The van der Waals surface area contributed by atoms with Crippen molar-refractivity contribution in [1.29, 1.82) is 0 Å². The molecule has 2 heterocycles. The lowest BCUT2D eigenvalue weighted by atomic mass is 9.97. The highest BCUT2D eigenvalue weighted by molar-refractivity contribution is 7.89. The maximum atomic E-state index is 13.5. The molecule has 1 aromatic heterocycles. The molecule has 3 rings (SSSR count).